The molecule has 1 atom stereocenters. The number of carbonyl (C=O) groups is 1. The van der Waals surface area contributed by atoms with Gasteiger partial charge in [0, 0.05) is 69.5 Å². The van der Waals surface area contributed by atoms with E-state index in [4.69, 9.17) is 0 Å². The summed E-state index contributed by atoms with van der Waals surface area (Å²) >= 11 is 0. The topological polar surface area (TPSA) is 47.6 Å². The Morgan fingerprint density at radius 1 is 0.875 bits per heavy atom. The van der Waals surface area contributed by atoms with Gasteiger partial charge in [0.15, 0.2) is 0 Å². The number of nitrogens with zero attached hydrogens (tertiary/aromatic N) is 3. The highest BCUT2D eigenvalue weighted by Crippen LogP contribution is 2.26. The summed E-state index contributed by atoms with van der Waals surface area (Å²) in [5.41, 5.74) is 6.48. The number of rotatable bonds is 11. The summed E-state index contributed by atoms with van der Waals surface area (Å²) in [6.45, 7) is 12.5. The average molecular weight is 647 g/mol. The molecule has 4 aromatic rings. The minimum absolute atomic E-state index is 0.122. The van der Waals surface area contributed by atoms with Crippen molar-refractivity contribution in [2.24, 2.45) is 0 Å². The largest absolute Gasteiger partial charge is 0.348 e. The van der Waals surface area contributed by atoms with Gasteiger partial charge in [0.25, 0.3) is 5.91 Å². The second-order valence-electron chi connectivity index (χ2n) is 13.8. The van der Waals surface area contributed by atoms with Crippen molar-refractivity contribution in [1.29, 1.82) is 0 Å². The summed E-state index contributed by atoms with van der Waals surface area (Å²) in [6, 6.07) is 32.1. The van der Waals surface area contributed by atoms with E-state index in [9.17, 15) is 4.79 Å². The number of halogens is 1. The monoisotopic (exact) mass is 646 g/mol. The number of piperazine rings is 2. The number of carbonyl (C=O) groups excluding carboxylic acids is 1. The van der Waals surface area contributed by atoms with E-state index in [2.05, 4.69) is 89.0 Å². The van der Waals surface area contributed by atoms with Crippen LogP contribution in [0.2, 0.25) is 0 Å². The van der Waals surface area contributed by atoms with Crippen LogP contribution < -0.4 is 10.6 Å². The first-order chi connectivity index (χ1) is 23.3. The van der Waals surface area contributed by atoms with Gasteiger partial charge in [0.2, 0.25) is 0 Å². The van der Waals surface area contributed by atoms with Crippen LogP contribution in [0.5, 0.6) is 0 Å². The van der Waals surface area contributed by atoms with Crippen LogP contribution in [0.4, 0.5) is 4.39 Å². The first-order valence-corrected chi connectivity index (χ1v) is 17.3. The minimum Gasteiger partial charge on any atom is -0.348 e. The lowest BCUT2D eigenvalue weighted by Gasteiger charge is -2.41. The first kappa shape index (κ1) is 33.7. The van der Waals surface area contributed by atoms with Gasteiger partial charge in [-0.2, -0.15) is 0 Å². The molecular weight excluding hydrogens is 597 g/mol. The van der Waals surface area contributed by atoms with Gasteiger partial charge in [0.1, 0.15) is 5.82 Å². The summed E-state index contributed by atoms with van der Waals surface area (Å²) in [5.74, 6) is -0.380. The molecule has 0 bridgehead atoms. The van der Waals surface area contributed by atoms with Gasteiger partial charge < -0.3 is 15.1 Å². The Bertz CT molecular complexity index is 1700. The van der Waals surface area contributed by atoms with Crippen LogP contribution in [0.1, 0.15) is 39.5 Å². The number of quaternary nitrogens is 1. The highest BCUT2D eigenvalue weighted by molar-refractivity contribution is 5.94. The van der Waals surface area contributed by atoms with Gasteiger partial charge in [-0.1, -0.05) is 72.8 Å². The molecule has 0 unspecified atom stereocenters. The molecule has 250 valence electrons. The predicted octanol–water partition coefficient (Wildman–Crippen LogP) is 6.19. The smallest absolute Gasteiger partial charge is 0.251 e. The Labute approximate surface area is 285 Å². The first-order valence-electron chi connectivity index (χ1n) is 17.3. The zero-order valence-electron chi connectivity index (χ0n) is 28.4. The Morgan fingerprint density at radius 3 is 2.42 bits per heavy atom. The van der Waals surface area contributed by atoms with Crippen molar-refractivity contribution in [3.8, 4) is 11.1 Å². The van der Waals surface area contributed by atoms with E-state index >= 15 is 4.39 Å². The Balaban J connectivity index is 1.01. The van der Waals surface area contributed by atoms with E-state index in [1.54, 1.807) is 6.07 Å². The van der Waals surface area contributed by atoms with Crippen LogP contribution in [0.3, 0.4) is 0 Å². The van der Waals surface area contributed by atoms with E-state index in [-0.39, 0.29) is 11.7 Å². The van der Waals surface area contributed by atoms with Crippen LogP contribution in [-0.2, 0) is 19.6 Å². The minimum atomic E-state index is -0.258. The van der Waals surface area contributed by atoms with E-state index in [1.807, 2.05) is 42.5 Å². The molecule has 0 spiro atoms. The fourth-order valence-electron chi connectivity index (χ4n) is 6.85. The molecule has 0 aromatic heterocycles. The fraction of sp³-hybridized carbons (Fsp3) is 0.341. The van der Waals surface area contributed by atoms with E-state index in [1.165, 1.54) is 17.2 Å². The summed E-state index contributed by atoms with van der Waals surface area (Å²) < 4.78 is 16.1. The lowest BCUT2D eigenvalue weighted by Crippen LogP contribution is -2.56. The van der Waals surface area contributed by atoms with Crippen molar-refractivity contribution >= 4 is 12.0 Å². The quantitative estimate of drug-likeness (QED) is 0.191. The molecule has 0 aliphatic carbocycles. The van der Waals surface area contributed by atoms with Crippen LogP contribution in [-0.4, -0.2) is 85.6 Å². The maximum Gasteiger partial charge on any atom is 0.251 e. The molecule has 6 rings (SSSR count). The predicted molar refractivity (Wildman–Crippen MR) is 194 cm³/mol. The normalized spacial score (nSPS) is 18.6. The second kappa shape index (κ2) is 15.8. The average Bonchev–Trinajstić information content (AvgIpc) is 3.10. The standard InChI is InChI=1S/C41H48FN5O/c1-32-29-46(19-18-43-32)31-35-11-6-14-37(25-35)39-27-34(16-17-40(39)42)28-44-41(48)38-15-7-12-36(26-38)30-45-20-23-47(2,24-21-45)22-8-13-33-9-4-3-5-10-33/h3-17,25-27,32,43H,18-24,28-31H2,1-2H3/p+1/t32-/m0/s1. The molecule has 48 heavy (non-hydrogen) atoms. The van der Waals surface area contributed by atoms with Crippen molar-refractivity contribution in [2.45, 2.75) is 32.6 Å². The van der Waals surface area contributed by atoms with Crippen molar-refractivity contribution < 1.29 is 13.7 Å². The number of hydrogen-bond donors (Lipinski definition) is 2. The molecule has 0 radical (unpaired) electrons. The van der Waals surface area contributed by atoms with Gasteiger partial charge in [-0.3, -0.25) is 14.6 Å². The van der Waals surface area contributed by atoms with E-state index in [0.29, 0.717) is 23.7 Å². The van der Waals surface area contributed by atoms with E-state index in [0.717, 1.165) is 86.6 Å². The highest BCUT2D eigenvalue weighted by atomic mass is 19.1. The summed E-state index contributed by atoms with van der Waals surface area (Å²) in [7, 11) is 2.34. The molecule has 2 fully saturated rings. The van der Waals surface area contributed by atoms with Crippen LogP contribution >= 0.6 is 0 Å². The highest BCUT2D eigenvalue weighted by Gasteiger charge is 2.27. The van der Waals surface area contributed by atoms with Gasteiger partial charge in [-0.25, -0.2) is 4.39 Å². The maximum atomic E-state index is 15.0. The second-order valence-corrected chi connectivity index (χ2v) is 13.8. The lowest BCUT2D eigenvalue weighted by atomic mass is 10.00. The Hall–Kier alpha value is -4.14. The van der Waals surface area contributed by atoms with Crippen LogP contribution in [0.15, 0.2) is 103 Å². The molecule has 2 heterocycles. The third kappa shape index (κ3) is 9.26. The number of likely N-dealkylation sites (N-methyl/N-ethyl adjacent to an activating group) is 1. The molecule has 6 nitrogen and oxygen atoms in total. The van der Waals surface area contributed by atoms with Crippen LogP contribution in [0, 0.1) is 5.82 Å². The molecule has 2 saturated heterocycles. The van der Waals surface area contributed by atoms with Crippen molar-refractivity contribution in [1.82, 2.24) is 20.4 Å². The van der Waals surface area contributed by atoms with Crippen molar-refractivity contribution in [3.05, 3.63) is 137 Å². The van der Waals surface area contributed by atoms with Crippen LogP contribution in [0.25, 0.3) is 17.2 Å². The third-order valence-corrected chi connectivity index (χ3v) is 9.74. The summed E-state index contributed by atoms with van der Waals surface area (Å²) in [6.07, 6.45) is 4.52. The zero-order chi connectivity index (χ0) is 33.3. The fourth-order valence-corrected chi connectivity index (χ4v) is 6.85. The lowest BCUT2D eigenvalue weighted by molar-refractivity contribution is -0.908. The van der Waals surface area contributed by atoms with Gasteiger partial charge >= 0.3 is 0 Å². The van der Waals surface area contributed by atoms with Crippen molar-refractivity contribution in [2.75, 3.05) is 59.4 Å². The number of benzene rings is 4. The molecule has 2 N–H and O–H groups in total. The third-order valence-electron chi connectivity index (χ3n) is 9.74. The molecule has 2 aliphatic rings. The van der Waals surface area contributed by atoms with E-state index < -0.39 is 0 Å². The SMILES string of the molecule is C[C@H]1CN(Cc2cccc(-c3cc(CNC(=O)c4cccc(CN5CC[N+](C)(CC=Cc6ccccc6)CC5)c4)ccc3F)c2)CCN1. The summed E-state index contributed by atoms with van der Waals surface area (Å²) in [5, 5.41) is 6.54. The van der Waals surface area contributed by atoms with Gasteiger partial charge in [0.05, 0.1) is 26.7 Å². The number of hydrogen-bond acceptors (Lipinski definition) is 4. The van der Waals surface area contributed by atoms with Gasteiger partial charge in [-0.15, -0.1) is 0 Å². The number of amides is 1. The van der Waals surface area contributed by atoms with Gasteiger partial charge in [-0.05, 0) is 71.1 Å². The summed E-state index contributed by atoms with van der Waals surface area (Å²) in [4.78, 5) is 18.1. The maximum absolute atomic E-state index is 15.0. The van der Waals surface area contributed by atoms with Crippen molar-refractivity contribution in [3.63, 3.8) is 0 Å². The Morgan fingerprint density at radius 2 is 1.62 bits per heavy atom. The number of nitrogens with one attached hydrogen (secondary N) is 2. The molecule has 0 saturated carbocycles. The Kier molecular flexibility index (Phi) is 11.1. The molecular formula is C41H49FN5O+. The molecule has 2 aliphatic heterocycles. The molecule has 7 heteroatoms. The zero-order valence-corrected chi connectivity index (χ0v) is 28.4. The molecule has 4 aromatic carbocycles. The molecule has 1 amide bonds.